The van der Waals surface area contributed by atoms with Gasteiger partial charge in [-0.1, -0.05) is 54.6 Å². The molecule has 3 aromatic rings. The van der Waals surface area contributed by atoms with E-state index in [0.29, 0.717) is 19.4 Å². The fourth-order valence-corrected chi connectivity index (χ4v) is 7.69. The number of benzene rings is 3. The number of ether oxygens (including phenoxy) is 1. The maximum Gasteiger partial charge on any atom is 1.00 e. The molecule has 0 radical (unpaired) electrons. The Balaban J connectivity index is 0.00000304. The number of nitrogens with zero attached hydrogens (tertiary/aromatic N) is 1. The summed E-state index contributed by atoms with van der Waals surface area (Å²) in [6.07, 6.45) is 1.03. The van der Waals surface area contributed by atoms with E-state index in [9.17, 15) is 13.0 Å². The number of para-hydroxylation sites is 3. The Labute approximate surface area is 243 Å². The summed E-state index contributed by atoms with van der Waals surface area (Å²) in [5.74, 6) is 1.37. The van der Waals surface area contributed by atoms with Crippen molar-refractivity contribution in [1.82, 2.24) is 0 Å². The maximum absolute atomic E-state index is 10.7. The molecule has 0 spiro atoms. The van der Waals surface area contributed by atoms with Crippen LogP contribution in [0.15, 0.2) is 83.1 Å². The summed E-state index contributed by atoms with van der Waals surface area (Å²) in [6, 6.07) is 27.6. The molecule has 9 heteroatoms. The fraction of sp³-hybridized carbons (Fsp3) is 0.259. The van der Waals surface area contributed by atoms with Gasteiger partial charge in [-0.05, 0) is 37.1 Å². The number of thioether (sulfide) groups is 2. The SMILES string of the molecule is O=S(=O)([O-])CCCCOC1CSC(=C2c3ccccc3N(c3ccccc3)c3ccccc32)SC1.[Na+]. The van der Waals surface area contributed by atoms with E-state index in [1.165, 1.54) is 32.3 Å². The predicted octanol–water partition coefficient (Wildman–Crippen LogP) is 3.38. The Bertz CT molecular complexity index is 1270. The zero-order valence-corrected chi connectivity index (χ0v) is 24.6. The molecule has 36 heavy (non-hydrogen) atoms. The van der Waals surface area contributed by atoms with Crippen molar-refractivity contribution in [3.8, 4) is 0 Å². The van der Waals surface area contributed by atoms with Gasteiger partial charge in [0.25, 0.3) is 0 Å². The second kappa shape index (κ2) is 12.5. The summed E-state index contributed by atoms with van der Waals surface area (Å²) >= 11 is 3.65. The zero-order valence-electron chi connectivity index (χ0n) is 20.1. The number of fused-ring (bicyclic) bond motifs is 2. The Morgan fingerprint density at radius 3 is 1.97 bits per heavy atom. The van der Waals surface area contributed by atoms with E-state index in [2.05, 4.69) is 77.7 Å². The van der Waals surface area contributed by atoms with Crippen LogP contribution in [-0.2, 0) is 14.9 Å². The molecule has 0 N–H and O–H groups in total. The molecular formula is C27H26NNaO4S3. The van der Waals surface area contributed by atoms with Crippen molar-refractivity contribution >= 4 is 56.3 Å². The normalized spacial score (nSPS) is 17.2. The average molecular weight is 548 g/mol. The summed E-state index contributed by atoms with van der Waals surface area (Å²) in [4.78, 5) is 2.33. The molecule has 0 amide bonds. The molecule has 0 unspecified atom stereocenters. The Hall–Kier alpha value is -1.23. The molecule has 1 saturated heterocycles. The van der Waals surface area contributed by atoms with Crippen LogP contribution in [0.5, 0.6) is 0 Å². The molecule has 3 aromatic carbocycles. The topological polar surface area (TPSA) is 69.7 Å². The molecule has 0 saturated carbocycles. The van der Waals surface area contributed by atoms with Gasteiger partial charge < -0.3 is 14.2 Å². The van der Waals surface area contributed by atoms with Crippen LogP contribution in [0, 0.1) is 0 Å². The molecule has 5 nitrogen and oxygen atoms in total. The molecule has 2 aliphatic rings. The molecule has 0 bridgehead atoms. The summed E-state index contributed by atoms with van der Waals surface area (Å²) < 4.78 is 39.5. The Morgan fingerprint density at radius 1 is 0.833 bits per heavy atom. The first-order valence-electron chi connectivity index (χ1n) is 11.6. The van der Waals surface area contributed by atoms with Gasteiger partial charge in [0.2, 0.25) is 0 Å². The zero-order chi connectivity index (χ0) is 24.3. The third kappa shape index (κ3) is 6.42. The first kappa shape index (κ1) is 27.8. The molecule has 182 valence electrons. The second-order valence-electron chi connectivity index (χ2n) is 8.45. The molecule has 2 heterocycles. The van der Waals surface area contributed by atoms with E-state index >= 15 is 0 Å². The number of hydrogen-bond acceptors (Lipinski definition) is 7. The van der Waals surface area contributed by atoms with Gasteiger partial charge in [-0.15, -0.1) is 23.5 Å². The number of unbranched alkanes of at least 4 members (excludes halogenated alkanes) is 1. The van der Waals surface area contributed by atoms with Crippen LogP contribution in [0.2, 0.25) is 0 Å². The first-order valence-corrected chi connectivity index (χ1v) is 15.1. The van der Waals surface area contributed by atoms with Crippen LogP contribution in [-0.4, -0.2) is 42.9 Å². The van der Waals surface area contributed by atoms with E-state index in [-0.39, 0.29) is 41.4 Å². The third-order valence-corrected chi connectivity index (χ3v) is 9.50. The van der Waals surface area contributed by atoms with E-state index in [1.807, 2.05) is 29.6 Å². The number of anilines is 3. The third-order valence-electron chi connectivity index (χ3n) is 5.99. The Morgan fingerprint density at radius 2 is 1.39 bits per heavy atom. The van der Waals surface area contributed by atoms with Crippen molar-refractivity contribution < 1.29 is 47.3 Å². The summed E-state index contributed by atoms with van der Waals surface area (Å²) in [7, 11) is -4.14. The predicted molar refractivity (Wildman–Crippen MR) is 146 cm³/mol. The monoisotopic (exact) mass is 547 g/mol. The van der Waals surface area contributed by atoms with Gasteiger partial charge >= 0.3 is 29.6 Å². The molecule has 5 rings (SSSR count). The van der Waals surface area contributed by atoms with Crippen LogP contribution in [0.1, 0.15) is 24.0 Å². The van der Waals surface area contributed by atoms with Crippen LogP contribution in [0.3, 0.4) is 0 Å². The van der Waals surface area contributed by atoms with Gasteiger partial charge in [0.15, 0.2) is 0 Å². The van der Waals surface area contributed by atoms with E-state index in [0.717, 1.165) is 17.2 Å². The van der Waals surface area contributed by atoms with E-state index in [4.69, 9.17) is 4.74 Å². The van der Waals surface area contributed by atoms with Gasteiger partial charge in [-0.3, -0.25) is 0 Å². The average Bonchev–Trinajstić information content (AvgIpc) is 2.87. The van der Waals surface area contributed by atoms with Gasteiger partial charge in [-0.2, -0.15) is 0 Å². The van der Waals surface area contributed by atoms with Gasteiger partial charge in [-0.25, -0.2) is 8.42 Å². The number of rotatable bonds is 7. The van der Waals surface area contributed by atoms with Crippen LogP contribution >= 0.6 is 23.5 Å². The van der Waals surface area contributed by atoms with Crippen molar-refractivity contribution in [2.75, 3.05) is 28.8 Å². The standard InChI is InChI=1S/C27H27NO4S3.Na/c29-35(30,31)17-9-8-16-32-21-18-33-27(34-19-21)26-22-12-4-6-14-24(22)28(20-10-2-1-3-11-20)25-15-7-5-13-23(25)26;/h1-7,10-15,21H,8-9,16-19H2,(H,29,30,31);/q;+1/p-1. The molecule has 0 aliphatic carbocycles. The first-order chi connectivity index (χ1) is 17.0. The number of hydrogen-bond donors (Lipinski definition) is 0. The second-order valence-corrected chi connectivity index (χ2v) is 12.3. The maximum atomic E-state index is 10.7. The molecule has 0 aromatic heterocycles. The minimum absolute atomic E-state index is 0. The summed E-state index contributed by atoms with van der Waals surface area (Å²) in [5.41, 5.74) is 7.21. The van der Waals surface area contributed by atoms with Crippen molar-refractivity contribution in [3.05, 3.63) is 94.2 Å². The van der Waals surface area contributed by atoms with Crippen molar-refractivity contribution in [2.24, 2.45) is 0 Å². The fourth-order valence-electron chi connectivity index (χ4n) is 4.41. The Kier molecular flexibility index (Phi) is 9.68. The van der Waals surface area contributed by atoms with Crippen molar-refractivity contribution in [1.29, 1.82) is 0 Å². The molecule has 0 atom stereocenters. The minimum atomic E-state index is -4.14. The van der Waals surface area contributed by atoms with Gasteiger partial charge in [0, 0.05) is 50.5 Å². The van der Waals surface area contributed by atoms with Crippen LogP contribution in [0.25, 0.3) is 5.57 Å². The summed E-state index contributed by atoms with van der Waals surface area (Å²) in [5, 5.41) is 0. The minimum Gasteiger partial charge on any atom is -0.748 e. The van der Waals surface area contributed by atoms with Gasteiger partial charge in [0.05, 0.1) is 27.6 Å². The van der Waals surface area contributed by atoms with Crippen molar-refractivity contribution in [3.63, 3.8) is 0 Å². The largest absolute Gasteiger partial charge is 1.00 e. The van der Waals surface area contributed by atoms with Crippen LogP contribution < -0.4 is 34.5 Å². The smallest absolute Gasteiger partial charge is 0.748 e. The molecular weight excluding hydrogens is 521 g/mol. The molecule has 2 aliphatic heterocycles. The van der Waals surface area contributed by atoms with E-state index in [1.54, 1.807) is 0 Å². The van der Waals surface area contributed by atoms with E-state index < -0.39 is 10.1 Å². The summed E-state index contributed by atoms with van der Waals surface area (Å²) in [6.45, 7) is 0.477. The quantitative estimate of drug-likeness (QED) is 0.200. The van der Waals surface area contributed by atoms with Crippen LogP contribution in [0.4, 0.5) is 17.1 Å². The van der Waals surface area contributed by atoms with Crippen molar-refractivity contribution in [2.45, 2.75) is 18.9 Å². The van der Waals surface area contributed by atoms with Gasteiger partial charge in [0.1, 0.15) is 0 Å². The molecule has 1 fully saturated rings.